The zero-order valence-electron chi connectivity index (χ0n) is 25.0. The van der Waals surface area contributed by atoms with Crippen LogP contribution in [0, 0.1) is 13.8 Å². The van der Waals surface area contributed by atoms with Crippen molar-refractivity contribution in [2.75, 3.05) is 18.5 Å². The molecule has 41 heavy (non-hydrogen) atoms. The summed E-state index contributed by atoms with van der Waals surface area (Å²) in [4.78, 5) is 42.3. The predicted molar refractivity (Wildman–Crippen MR) is 163 cm³/mol. The summed E-state index contributed by atoms with van der Waals surface area (Å²) in [5, 5.41) is 17.7. The fourth-order valence-corrected chi connectivity index (χ4v) is 4.90. The number of hydrogen-bond acceptors (Lipinski definition) is 5. The van der Waals surface area contributed by atoms with Gasteiger partial charge in [0.15, 0.2) is 0 Å². The third kappa shape index (κ3) is 8.54. The molecule has 3 rings (SSSR count). The molecule has 0 saturated heterocycles. The number of carbonyl (C=O) groups excluding carboxylic acids is 3. The summed E-state index contributed by atoms with van der Waals surface area (Å²) in [6.45, 7) is 10.7. The highest BCUT2D eigenvalue weighted by Crippen LogP contribution is 2.31. The SMILES string of the molecule is CCCCCN(C(=O)C(CO)NC(=O)OC(C)(C)C)C(C(=O)Nc1ccc2ccccc2c1)c1c(C)cccc1C. The van der Waals surface area contributed by atoms with E-state index in [1.165, 1.54) is 4.90 Å². The van der Waals surface area contributed by atoms with Crippen LogP contribution in [0.25, 0.3) is 10.8 Å². The van der Waals surface area contributed by atoms with Gasteiger partial charge in [-0.05, 0) is 80.6 Å². The van der Waals surface area contributed by atoms with Gasteiger partial charge in [0, 0.05) is 12.2 Å². The summed E-state index contributed by atoms with van der Waals surface area (Å²) < 4.78 is 5.33. The van der Waals surface area contributed by atoms with Gasteiger partial charge in [-0.1, -0.05) is 68.3 Å². The second-order valence-corrected chi connectivity index (χ2v) is 11.4. The Kier molecular flexibility index (Phi) is 10.9. The highest BCUT2D eigenvalue weighted by molar-refractivity contribution is 6.00. The molecule has 0 aliphatic heterocycles. The molecule has 0 spiro atoms. The Hall–Kier alpha value is -3.91. The molecule has 8 nitrogen and oxygen atoms in total. The van der Waals surface area contributed by atoms with Gasteiger partial charge in [0.05, 0.1) is 6.61 Å². The monoisotopic (exact) mass is 561 g/mol. The fraction of sp³-hybridized carbons (Fsp3) is 0.424. The van der Waals surface area contributed by atoms with Crippen LogP contribution in [0.3, 0.4) is 0 Å². The van der Waals surface area contributed by atoms with E-state index in [1.807, 2.05) is 74.5 Å². The molecule has 8 heteroatoms. The van der Waals surface area contributed by atoms with Crippen LogP contribution >= 0.6 is 0 Å². The van der Waals surface area contributed by atoms with Crippen LogP contribution in [0.15, 0.2) is 60.7 Å². The maximum absolute atomic E-state index is 14.2. The first-order valence-corrected chi connectivity index (χ1v) is 14.2. The first-order chi connectivity index (χ1) is 19.4. The second-order valence-electron chi connectivity index (χ2n) is 11.4. The molecular formula is C33H43N3O5. The summed E-state index contributed by atoms with van der Waals surface area (Å²) in [7, 11) is 0. The summed E-state index contributed by atoms with van der Waals surface area (Å²) >= 11 is 0. The maximum Gasteiger partial charge on any atom is 0.408 e. The summed E-state index contributed by atoms with van der Waals surface area (Å²) in [5.74, 6) is -0.938. The first-order valence-electron chi connectivity index (χ1n) is 14.2. The molecular weight excluding hydrogens is 518 g/mol. The van der Waals surface area contributed by atoms with E-state index < -0.39 is 36.3 Å². The third-order valence-corrected chi connectivity index (χ3v) is 6.85. The van der Waals surface area contributed by atoms with Crippen molar-refractivity contribution in [3.63, 3.8) is 0 Å². The number of rotatable bonds is 11. The van der Waals surface area contributed by atoms with Crippen molar-refractivity contribution >= 4 is 34.4 Å². The standard InChI is InChI=1S/C33H43N3O5/c1-7-8-11-19-36(31(39)27(21-37)35-32(40)41-33(4,5)6)29(28-22(2)13-12-14-23(28)3)30(38)34-26-18-17-24-15-9-10-16-25(24)20-26/h9-10,12-18,20,27,29,37H,7-8,11,19,21H2,1-6H3,(H,34,38)(H,35,40). The van der Waals surface area contributed by atoms with E-state index in [2.05, 4.69) is 17.6 Å². The lowest BCUT2D eigenvalue weighted by atomic mass is 9.93. The second kappa shape index (κ2) is 14.1. The van der Waals surface area contributed by atoms with Crippen molar-refractivity contribution in [1.82, 2.24) is 10.2 Å². The minimum Gasteiger partial charge on any atom is -0.444 e. The lowest BCUT2D eigenvalue weighted by Gasteiger charge is -2.35. The van der Waals surface area contributed by atoms with Gasteiger partial charge in [-0.25, -0.2) is 4.79 Å². The molecule has 0 fully saturated rings. The highest BCUT2D eigenvalue weighted by atomic mass is 16.6. The molecule has 3 aromatic carbocycles. The van der Waals surface area contributed by atoms with E-state index in [0.29, 0.717) is 17.7 Å². The lowest BCUT2D eigenvalue weighted by Crippen LogP contribution is -2.54. The number of aliphatic hydroxyl groups excluding tert-OH is 1. The molecule has 0 bridgehead atoms. The van der Waals surface area contributed by atoms with Crippen molar-refractivity contribution < 1.29 is 24.2 Å². The lowest BCUT2D eigenvalue weighted by molar-refractivity contribution is -0.141. The molecule has 0 aromatic heterocycles. The van der Waals surface area contributed by atoms with E-state index in [9.17, 15) is 19.5 Å². The van der Waals surface area contributed by atoms with E-state index in [-0.39, 0.29) is 12.5 Å². The van der Waals surface area contributed by atoms with Crippen LogP contribution in [0.5, 0.6) is 0 Å². The summed E-state index contributed by atoms with van der Waals surface area (Å²) in [6.07, 6.45) is 1.60. The summed E-state index contributed by atoms with van der Waals surface area (Å²) in [6, 6.07) is 17.0. The van der Waals surface area contributed by atoms with Crippen molar-refractivity contribution in [1.29, 1.82) is 0 Å². The largest absolute Gasteiger partial charge is 0.444 e. The normalized spacial score (nSPS) is 12.9. The number of amides is 3. The van der Waals surface area contributed by atoms with E-state index in [1.54, 1.807) is 20.8 Å². The zero-order valence-corrected chi connectivity index (χ0v) is 25.0. The maximum atomic E-state index is 14.2. The average molecular weight is 562 g/mol. The van der Waals surface area contributed by atoms with Crippen molar-refractivity contribution in [3.05, 3.63) is 77.4 Å². The Bertz CT molecular complexity index is 1340. The van der Waals surface area contributed by atoms with Crippen molar-refractivity contribution in [2.45, 2.75) is 78.5 Å². The van der Waals surface area contributed by atoms with Crippen molar-refractivity contribution in [3.8, 4) is 0 Å². The number of ether oxygens (including phenoxy) is 1. The highest BCUT2D eigenvalue weighted by Gasteiger charge is 2.37. The number of anilines is 1. The third-order valence-electron chi connectivity index (χ3n) is 6.85. The molecule has 2 unspecified atom stereocenters. The minimum absolute atomic E-state index is 0.267. The molecule has 0 aliphatic carbocycles. The predicted octanol–water partition coefficient (Wildman–Crippen LogP) is 6.04. The molecule has 3 amide bonds. The Morgan fingerprint density at radius 1 is 0.927 bits per heavy atom. The first kappa shape index (κ1) is 31.6. The van der Waals surface area contributed by atoms with Crippen LogP contribution in [0.4, 0.5) is 10.5 Å². The number of carbonyl (C=O) groups is 3. The van der Waals surface area contributed by atoms with Gasteiger partial charge in [0.25, 0.3) is 5.91 Å². The Labute approximate surface area is 243 Å². The van der Waals surface area contributed by atoms with E-state index >= 15 is 0 Å². The van der Waals surface area contributed by atoms with Crippen molar-refractivity contribution in [2.24, 2.45) is 0 Å². The topological polar surface area (TPSA) is 108 Å². The van der Waals surface area contributed by atoms with Gasteiger partial charge in [-0.3, -0.25) is 9.59 Å². The number of nitrogens with one attached hydrogen (secondary N) is 2. The van der Waals surface area contributed by atoms with Crippen LogP contribution < -0.4 is 10.6 Å². The fourth-order valence-electron chi connectivity index (χ4n) is 4.90. The van der Waals surface area contributed by atoms with Gasteiger partial charge >= 0.3 is 6.09 Å². The molecule has 2 atom stereocenters. The number of aliphatic hydroxyl groups is 1. The molecule has 0 saturated carbocycles. The number of aryl methyl sites for hydroxylation is 2. The van der Waals surface area contributed by atoms with Gasteiger partial charge in [-0.15, -0.1) is 0 Å². The zero-order chi connectivity index (χ0) is 30.2. The number of alkyl carbamates (subject to hydrolysis) is 1. The van der Waals surface area contributed by atoms with E-state index in [4.69, 9.17) is 4.74 Å². The van der Waals surface area contributed by atoms with Crippen LogP contribution in [0.2, 0.25) is 0 Å². The molecule has 220 valence electrons. The smallest absolute Gasteiger partial charge is 0.408 e. The molecule has 3 aromatic rings. The molecule has 0 radical (unpaired) electrons. The van der Waals surface area contributed by atoms with Crippen LogP contribution in [0.1, 0.15) is 69.7 Å². The quantitative estimate of drug-likeness (QED) is 0.247. The van der Waals surface area contributed by atoms with Crippen LogP contribution in [-0.2, 0) is 14.3 Å². The molecule has 0 aliphatic rings. The molecule has 3 N–H and O–H groups in total. The number of fused-ring (bicyclic) bond motifs is 1. The Morgan fingerprint density at radius 3 is 2.20 bits per heavy atom. The Morgan fingerprint density at radius 2 is 1.59 bits per heavy atom. The molecule has 0 heterocycles. The number of unbranched alkanes of at least 4 members (excludes halogenated alkanes) is 2. The minimum atomic E-state index is -1.29. The van der Waals surface area contributed by atoms with Gasteiger partial charge in [-0.2, -0.15) is 0 Å². The number of benzene rings is 3. The van der Waals surface area contributed by atoms with Gasteiger partial charge in [0.1, 0.15) is 17.7 Å². The number of hydrogen-bond donors (Lipinski definition) is 3. The van der Waals surface area contributed by atoms with Gasteiger partial charge in [0.2, 0.25) is 5.91 Å². The summed E-state index contributed by atoms with van der Waals surface area (Å²) in [5.41, 5.74) is 2.25. The van der Waals surface area contributed by atoms with Crippen LogP contribution in [-0.4, -0.2) is 52.7 Å². The van der Waals surface area contributed by atoms with Gasteiger partial charge < -0.3 is 25.4 Å². The Balaban J connectivity index is 2.04. The average Bonchev–Trinajstić information content (AvgIpc) is 2.91. The van der Waals surface area contributed by atoms with E-state index in [0.717, 1.165) is 34.7 Å². The number of nitrogens with zero attached hydrogens (tertiary/aromatic N) is 1.